The number of halogens is 1. The molecule has 1 N–H and O–H groups in total. The zero-order chi connectivity index (χ0) is 19.0. The van der Waals surface area contributed by atoms with Crippen LogP contribution in [0.15, 0.2) is 23.1 Å². The number of carbonyl (C=O) groups excluding carboxylic acids is 1. The molecule has 1 aromatic carbocycles. The topological polar surface area (TPSA) is 79.4 Å². The molecule has 6 nitrogen and oxygen atoms in total. The Morgan fingerprint density at radius 2 is 1.93 bits per heavy atom. The predicted molar refractivity (Wildman–Crippen MR) is 106 cm³/mol. The number of nitrogens with zero attached hydrogens (tertiary/aromatic N) is 2. The summed E-state index contributed by atoms with van der Waals surface area (Å²) in [7, 11) is -3.71. The van der Waals surface area contributed by atoms with E-state index < -0.39 is 10.0 Å². The lowest BCUT2D eigenvalue weighted by Crippen LogP contribution is -2.35. The van der Waals surface area contributed by atoms with E-state index in [1.807, 2.05) is 0 Å². The van der Waals surface area contributed by atoms with Crippen LogP contribution in [0.5, 0.6) is 0 Å². The van der Waals surface area contributed by atoms with E-state index in [1.165, 1.54) is 38.7 Å². The minimum Gasteiger partial charge on any atom is -0.298 e. The number of hydrogen-bond donors (Lipinski definition) is 1. The van der Waals surface area contributed by atoms with E-state index in [9.17, 15) is 13.2 Å². The highest BCUT2D eigenvalue weighted by Gasteiger charge is 2.29. The van der Waals surface area contributed by atoms with Crippen molar-refractivity contribution in [3.8, 4) is 0 Å². The molecule has 9 heteroatoms. The maximum Gasteiger partial charge on any atom is 0.257 e. The van der Waals surface area contributed by atoms with Gasteiger partial charge in [-0.25, -0.2) is 13.4 Å². The first-order valence-corrected chi connectivity index (χ1v) is 11.7. The van der Waals surface area contributed by atoms with Crippen molar-refractivity contribution in [3.63, 3.8) is 0 Å². The first-order valence-electron chi connectivity index (χ1n) is 9.05. The fourth-order valence-corrected chi connectivity index (χ4v) is 6.56. The van der Waals surface area contributed by atoms with Crippen LogP contribution in [0.3, 0.4) is 0 Å². The number of hydrogen-bond acceptors (Lipinski definition) is 5. The minimum absolute atomic E-state index is 0.0136. The van der Waals surface area contributed by atoms with Gasteiger partial charge in [0.2, 0.25) is 10.0 Å². The third-order valence-electron chi connectivity index (χ3n) is 4.94. The summed E-state index contributed by atoms with van der Waals surface area (Å²) in [5.41, 5.74) is 1.31. The highest BCUT2D eigenvalue weighted by molar-refractivity contribution is 7.89. The lowest BCUT2D eigenvalue weighted by molar-refractivity contribution is 0.102. The Morgan fingerprint density at radius 3 is 2.67 bits per heavy atom. The molecule has 4 rings (SSSR count). The van der Waals surface area contributed by atoms with Gasteiger partial charge < -0.3 is 0 Å². The minimum atomic E-state index is -3.71. The van der Waals surface area contributed by atoms with Crippen molar-refractivity contribution in [1.29, 1.82) is 0 Å². The van der Waals surface area contributed by atoms with E-state index in [0.717, 1.165) is 44.2 Å². The Morgan fingerprint density at radius 1 is 1.15 bits per heavy atom. The molecular weight excluding hydrogens is 406 g/mol. The fourth-order valence-electron chi connectivity index (χ4n) is 3.50. The second kappa shape index (κ2) is 7.50. The first-order chi connectivity index (χ1) is 12.9. The molecule has 1 fully saturated rings. The summed E-state index contributed by atoms with van der Waals surface area (Å²) in [5, 5.41) is 3.47. The number of aromatic nitrogens is 1. The summed E-state index contributed by atoms with van der Waals surface area (Å²) >= 11 is 7.65. The van der Waals surface area contributed by atoms with Gasteiger partial charge in [0.25, 0.3) is 5.91 Å². The highest BCUT2D eigenvalue weighted by atomic mass is 35.5. The Labute approximate surface area is 167 Å². The molecule has 2 aromatic rings. The summed E-state index contributed by atoms with van der Waals surface area (Å²) in [5.74, 6) is -0.380. The number of benzene rings is 1. The quantitative estimate of drug-likeness (QED) is 0.809. The SMILES string of the molecule is O=C(Nc1nc2c(s1)CCC2)c1ccc(Cl)c(S(=O)(=O)N2CCCCC2)c1. The Kier molecular flexibility index (Phi) is 5.24. The van der Waals surface area contributed by atoms with Crippen LogP contribution >= 0.6 is 22.9 Å². The van der Waals surface area contributed by atoms with Crippen LogP contribution in [-0.2, 0) is 22.9 Å². The number of rotatable bonds is 4. The van der Waals surface area contributed by atoms with Crippen LogP contribution in [0, 0.1) is 0 Å². The molecule has 0 spiro atoms. The number of thiazole rings is 1. The maximum absolute atomic E-state index is 12.9. The number of anilines is 1. The van der Waals surface area contributed by atoms with Gasteiger partial charge in [-0.3, -0.25) is 10.1 Å². The molecule has 27 heavy (non-hydrogen) atoms. The third-order valence-corrected chi connectivity index (χ3v) is 8.40. The molecule has 0 radical (unpaired) electrons. The molecule has 1 aromatic heterocycles. The summed E-state index contributed by atoms with van der Waals surface area (Å²) in [6, 6.07) is 4.37. The predicted octanol–water partition coefficient (Wildman–Crippen LogP) is 3.71. The van der Waals surface area contributed by atoms with Crippen molar-refractivity contribution < 1.29 is 13.2 Å². The molecular formula is C18H20ClN3O3S2. The molecule has 2 aliphatic rings. The third kappa shape index (κ3) is 3.76. The van der Waals surface area contributed by atoms with E-state index >= 15 is 0 Å². The number of fused-ring (bicyclic) bond motifs is 1. The average molecular weight is 426 g/mol. The van der Waals surface area contributed by atoms with Gasteiger partial charge >= 0.3 is 0 Å². The van der Waals surface area contributed by atoms with Crippen LogP contribution in [0.25, 0.3) is 0 Å². The van der Waals surface area contributed by atoms with Gasteiger partial charge in [-0.2, -0.15) is 4.31 Å². The van der Waals surface area contributed by atoms with Crippen LogP contribution < -0.4 is 5.32 Å². The van der Waals surface area contributed by atoms with Crippen LogP contribution in [0.1, 0.15) is 46.6 Å². The van der Waals surface area contributed by atoms with Crippen molar-refractivity contribution in [3.05, 3.63) is 39.4 Å². The number of piperidine rings is 1. The molecule has 2 heterocycles. The van der Waals surface area contributed by atoms with E-state index in [-0.39, 0.29) is 21.4 Å². The van der Waals surface area contributed by atoms with Gasteiger partial charge in [-0.15, -0.1) is 11.3 Å². The largest absolute Gasteiger partial charge is 0.298 e. The number of amides is 1. The number of aryl methyl sites for hydroxylation is 2. The Hall–Kier alpha value is -1.48. The number of carbonyl (C=O) groups is 1. The van der Waals surface area contributed by atoms with Crippen molar-refractivity contribution in [1.82, 2.24) is 9.29 Å². The molecule has 1 saturated heterocycles. The van der Waals surface area contributed by atoms with E-state index in [0.29, 0.717) is 18.2 Å². The van der Waals surface area contributed by atoms with Gasteiger partial charge in [-0.05, 0) is 50.3 Å². The number of nitrogens with one attached hydrogen (secondary N) is 1. The molecule has 144 valence electrons. The molecule has 0 atom stereocenters. The van der Waals surface area contributed by atoms with Crippen molar-refractivity contribution in [2.45, 2.75) is 43.4 Å². The maximum atomic E-state index is 12.9. The van der Waals surface area contributed by atoms with Crippen LogP contribution in [0.2, 0.25) is 5.02 Å². The summed E-state index contributed by atoms with van der Waals surface area (Å²) < 4.78 is 27.3. The summed E-state index contributed by atoms with van der Waals surface area (Å²) in [6.07, 6.45) is 5.76. The second-order valence-electron chi connectivity index (χ2n) is 6.81. The zero-order valence-electron chi connectivity index (χ0n) is 14.7. The standard InChI is InChI=1S/C18H20ClN3O3S2/c19-13-8-7-12(11-16(13)27(24,25)22-9-2-1-3-10-22)17(23)21-18-20-14-5-4-6-15(14)26-18/h7-8,11H,1-6,9-10H2,(H,20,21,23). The van der Waals surface area contributed by atoms with Gasteiger partial charge in [0.1, 0.15) is 4.90 Å². The van der Waals surface area contributed by atoms with Crippen LogP contribution in [-0.4, -0.2) is 36.7 Å². The smallest absolute Gasteiger partial charge is 0.257 e. The summed E-state index contributed by atoms with van der Waals surface area (Å²) in [6.45, 7) is 0.972. The van der Waals surface area contributed by atoms with Gasteiger partial charge in [0, 0.05) is 23.5 Å². The lowest BCUT2D eigenvalue weighted by Gasteiger charge is -2.26. The van der Waals surface area contributed by atoms with Crippen LogP contribution in [0.4, 0.5) is 5.13 Å². The zero-order valence-corrected chi connectivity index (χ0v) is 17.1. The lowest BCUT2D eigenvalue weighted by atomic mass is 10.2. The van der Waals surface area contributed by atoms with E-state index in [2.05, 4.69) is 10.3 Å². The van der Waals surface area contributed by atoms with Gasteiger partial charge in [-0.1, -0.05) is 18.0 Å². The summed E-state index contributed by atoms with van der Waals surface area (Å²) in [4.78, 5) is 18.3. The van der Waals surface area contributed by atoms with Gasteiger partial charge in [0.05, 0.1) is 10.7 Å². The normalized spacial score (nSPS) is 17.7. The Balaban J connectivity index is 1.58. The molecule has 1 aliphatic carbocycles. The van der Waals surface area contributed by atoms with Crippen molar-refractivity contribution in [2.24, 2.45) is 0 Å². The Bertz CT molecular complexity index is 960. The molecule has 1 amide bonds. The van der Waals surface area contributed by atoms with Crippen molar-refractivity contribution in [2.75, 3.05) is 18.4 Å². The average Bonchev–Trinajstić information content (AvgIpc) is 3.24. The molecule has 0 unspecified atom stereocenters. The first kappa shape index (κ1) is 18.9. The highest BCUT2D eigenvalue weighted by Crippen LogP contribution is 2.31. The van der Waals surface area contributed by atoms with E-state index in [4.69, 9.17) is 11.6 Å². The molecule has 0 bridgehead atoms. The van der Waals surface area contributed by atoms with E-state index in [1.54, 1.807) is 0 Å². The van der Waals surface area contributed by atoms with Crippen molar-refractivity contribution >= 4 is 44.0 Å². The second-order valence-corrected chi connectivity index (χ2v) is 10.2. The van der Waals surface area contributed by atoms with Gasteiger partial charge in [0.15, 0.2) is 5.13 Å². The monoisotopic (exact) mass is 425 g/mol. The number of sulfonamides is 1. The molecule has 0 saturated carbocycles. The fraction of sp³-hybridized carbons (Fsp3) is 0.444. The molecule has 1 aliphatic heterocycles.